The summed E-state index contributed by atoms with van der Waals surface area (Å²) in [6.45, 7) is 2.73. The molecule has 2 rings (SSSR count). The number of aromatic nitrogens is 1. The highest BCUT2D eigenvalue weighted by molar-refractivity contribution is 5.41. The van der Waals surface area contributed by atoms with Gasteiger partial charge in [0.15, 0.2) is 5.76 Å². The van der Waals surface area contributed by atoms with E-state index < -0.39 is 6.10 Å². The van der Waals surface area contributed by atoms with Crippen LogP contribution in [0.1, 0.15) is 23.1 Å². The zero-order valence-electron chi connectivity index (χ0n) is 12.4. The van der Waals surface area contributed by atoms with Crippen molar-refractivity contribution in [3.8, 4) is 11.5 Å². The van der Waals surface area contributed by atoms with Gasteiger partial charge >= 0.3 is 0 Å². The third-order valence-corrected chi connectivity index (χ3v) is 3.11. The fraction of sp³-hybridized carbons (Fsp3) is 0.400. The molecule has 1 unspecified atom stereocenters. The van der Waals surface area contributed by atoms with Gasteiger partial charge in [0.25, 0.3) is 0 Å². The molecule has 0 aliphatic carbocycles. The van der Waals surface area contributed by atoms with E-state index in [9.17, 15) is 5.11 Å². The zero-order valence-corrected chi connectivity index (χ0v) is 12.4. The molecule has 0 saturated heterocycles. The molecule has 0 spiro atoms. The summed E-state index contributed by atoms with van der Waals surface area (Å²) >= 11 is 0. The fourth-order valence-corrected chi connectivity index (χ4v) is 2.04. The predicted molar refractivity (Wildman–Crippen MR) is 77.5 cm³/mol. The molecular formula is C15H20N2O4. The van der Waals surface area contributed by atoms with E-state index in [1.165, 1.54) is 0 Å². The van der Waals surface area contributed by atoms with Crippen LogP contribution in [0.3, 0.4) is 0 Å². The van der Waals surface area contributed by atoms with Gasteiger partial charge in [0, 0.05) is 18.2 Å². The van der Waals surface area contributed by atoms with E-state index in [-0.39, 0.29) is 0 Å². The molecule has 21 heavy (non-hydrogen) atoms. The van der Waals surface area contributed by atoms with Gasteiger partial charge in [-0.2, -0.15) is 0 Å². The predicted octanol–water partition coefficient (Wildman–Crippen LogP) is 1.82. The van der Waals surface area contributed by atoms with E-state index in [2.05, 4.69) is 10.5 Å². The van der Waals surface area contributed by atoms with Crippen LogP contribution in [-0.2, 0) is 6.54 Å². The molecule has 1 heterocycles. The first kappa shape index (κ1) is 15.3. The van der Waals surface area contributed by atoms with Crippen LogP contribution >= 0.6 is 0 Å². The molecule has 2 aromatic rings. The molecule has 0 amide bonds. The zero-order chi connectivity index (χ0) is 15.2. The second-order valence-corrected chi connectivity index (χ2v) is 4.69. The van der Waals surface area contributed by atoms with Crippen molar-refractivity contribution in [1.82, 2.24) is 10.5 Å². The van der Waals surface area contributed by atoms with E-state index in [0.717, 1.165) is 11.5 Å². The van der Waals surface area contributed by atoms with Gasteiger partial charge in [-0.25, -0.2) is 0 Å². The highest BCUT2D eigenvalue weighted by Gasteiger charge is 2.14. The van der Waals surface area contributed by atoms with Gasteiger partial charge in [-0.15, -0.1) is 0 Å². The van der Waals surface area contributed by atoms with Crippen LogP contribution in [0.4, 0.5) is 0 Å². The third-order valence-electron chi connectivity index (χ3n) is 3.11. The molecule has 6 nitrogen and oxygen atoms in total. The second kappa shape index (κ2) is 7.10. The maximum Gasteiger partial charge on any atom is 0.150 e. The SMILES string of the molecule is COc1ccc(OC)c(C(O)CNCc2cc(C)no2)c1. The van der Waals surface area contributed by atoms with E-state index >= 15 is 0 Å². The van der Waals surface area contributed by atoms with Gasteiger partial charge in [0.1, 0.15) is 11.5 Å². The average molecular weight is 292 g/mol. The topological polar surface area (TPSA) is 76.8 Å². The van der Waals surface area contributed by atoms with Crippen LogP contribution < -0.4 is 14.8 Å². The molecule has 0 saturated carbocycles. The molecule has 0 aliphatic heterocycles. The number of aliphatic hydroxyl groups is 1. The van der Waals surface area contributed by atoms with Crippen molar-refractivity contribution in [2.24, 2.45) is 0 Å². The third kappa shape index (κ3) is 3.96. The largest absolute Gasteiger partial charge is 0.497 e. The summed E-state index contributed by atoms with van der Waals surface area (Å²) in [5, 5.41) is 17.2. The second-order valence-electron chi connectivity index (χ2n) is 4.69. The van der Waals surface area contributed by atoms with Crippen LogP contribution in [0.25, 0.3) is 0 Å². The number of aliphatic hydroxyl groups excluding tert-OH is 1. The van der Waals surface area contributed by atoms with E-state index in [1.54, 1.807) is 32.4 Å². The first-order valence-corrected chi connectivity index (χ1v) is 6.67. The summed E-state index contributed by atoms with van der Waals surface area (Å²) < 4.78 is 15.5. The van der Waals surface area contributed by atoms with Crippen molar-refractivity contribution in [3.05, 3.63) is 41.3 Å². The molecule has 1 aromatic carbocycles. The van der Waals surface area contributed by atoms with Crippen molar-refractivity contribution in [3.63, 3.8) is 0 Å². The van der Waals surface area contributed by atoms with Gasteiger partial charge in [-0.05, 0) is 25.1 Å². The number of aryl methyl sites for hydroxylation is 1. The monoisotopic (exact) mass is 292 g/mol. The summed E-state index contributed by atoms with van der Waals surface area (Å²) in [6.07, 6.45) is -0.709. The number of hydrogen-bond donors (Lipinski definition) is 2. The highest BCUT2D eigenvalue weighted by atomic mass is 16.5. The first-order chi connectivity index (χ1) is 10.1. The van der Waals surface area contributed by atoms with E-state index in [1.807, 2.05) is 13.0 Å². The van der Waals surface area contributed by atoms with Crippen molar-refractivity contribution >= 4 is 0 Å². The van der Waals surface area contributed by atoms with Crippen LogP contribution in [0.5, 0.6) is 11.5 Å². The Morgan fingerprint density at radius 2 is 2.10 bits per heavy atom. The van der Waals surface area contributed by atoms with Gasteiger partial charge in [-0.3, -0.25) is 0 Å². The Kier molecular flexibility index (Phi) is 5.19. The maximum atomic E-state index is 10.3. The summed E-state index contributed by atoms with van der Waals surface area (Å²) in [7, 11) is 3.16. The van der Waals surface area contributed by atoms with Crippen molar-refractivity contribution in [2.75, 3.05) is 20.8 Å². The van der Waals surface area contributed by atoms with Gasteiger partial charge < -0.3 is 24.4 Å². The minimum absolute atomic E-state index is 0.364. The van der Waals surface area contributed by atoms with Crippen LogP contribution in [0, 0.1) is 6.92 Å². The quantitative estimate of drug-likeness (QED) is 0.810. The number of ether oxygens (including phenoxy) is 2. The lowest BCUT2D eigenvalue weighted by Gasteiger charge is -2.16. The van der Waals surface area contributed by atoms with Crippen molar-refractivity contribution < 1.29 is 19.1 Å². The van der Waals surface area contributed by atoms with Crippen LogP contribution in [0.2, 0.25) is 0 Å². The Hall–Kier alpha value is -2.05. The molecule has 2 N–H and O–H groups in total. The van der Waals surface area contributed by atoms with Gasteiger partial charge in [-0.1, -0.05) is 5.16 Å². The molecular weight excluding hydrogens is 272 g/mol. The molecule has 0 fully saturated rings. The van der Waals surface area contributed by atoms with Crippen molar-refractivity contribution in [2.45, 2.75) is 19.6 Å². The van der Waals surface area contributed by atoms with E-state index in [0.29, 0.717) is 30.2 Å². The maximum absolute atomic E-state index is 10.3. The standard InChI is InChI=1S/C15H20N2O4/c1-10-6-12(21-17-10)8-16-9-14(18)13-7-11(19-2)4-5-15(13)20-3/h4-7,14,16,18H,8-9H2,1-3H3. The molecule has 114 valence electrons. The Morgan fingerprint density at radius 3 is 2.71 bits per heavy atom. The summed E-state index contributed by atoms with van der Waals surface area (Å²) in [4.78, 5) is 0. The smallest absolute Gasteiger partial charge is 0.150 e. The van der Waals surface area contributed by atoms with Crippen molar-refractivity contribution in [1.29, 1.82) is 0 Å². The Balaban J connectivity index is 1.97. The number of rotatable bonds is 7. The van der Waals surface area contributed by atoms with Gasteiger partial charge in [0.2, 0.25) is 0 Å². The Bertz CT molecular complexity index is 583. The molecule has 0 bridgehead atoms. The van der Waals surface area contributed by atoms with E-state index in [4.69, 9.17) is 14.0 Å². The molecule has 0 radical (unpaired) electrons. The average Bonchev–Trinajstić information content (AvgIpc) is 2.91. The Labute approximate surface area is 123 Å². The van der Waals surface area contributed by atoms with Crippen LogP contribution in [-0.4, -0.2) is 31.0 Å². The lowest BCUT2D eigenvalue weighted by atomic mass is 10.1. The fourth-order valence-electron chi connectivity index (χ4n) is 2.04. The van der Waals surface area contributed by atoms with Gasteiger partial charge in [0.05, 0.1) is 32.6 Å². The lowest BCUT2D eigenvalue weighted by molar-refractivity contribution is 0.168. The number of methoxy groups -OCH3 is 2. The lowest BCUT2D eigenvalue weighted by Crippen LogP contribution is -2.21. The molecule has 0 aliphatic rings. The molecule has 1 atom stereocenters. The normalized spacial score (nSPS) is 12.2. The number of nitrogens with one attached hydrogen (secondary N) is 1. The van der Waals surface area contributed by atoms with Crippen LogP contribution in [0.15, 0.2) is 28.8 Å². The minimum Gasteiger partial charge on any atom is -0.497 e. The number of benzene rings is 1. The summed E-state index contributed by atoms with van der Waals surface area (Å²) in [5.41, 5.74) is 1.51. The molecule has 1 aromatic heterocycles. The number of hydrogen-bond acceptors (Lipinski definition) is 6. The minimum atomic E-state index is -0.709. The summed E-state index contributed by atoms with van der Waals surface area (Å²) in [5.74, 6) is 2.04. The number of nitrogens with zero attached hydrogens (tertiary/aromatic N) is 1. The summed E-state index contributed by atoms with van der Waals surface area (Å²) in [6, 6.07) is 7.19. The highest BCUT2D eigenvalue weighted by Crippen LogP contribution is 2.29. The Morgan fingerprint density at radius 1 is 1.29 bits per heavy atom. The first-order valence-electron chi connectivity index (χ1n) is 6.67. The molecule has 6 heteroatoms.